The molecule has 0 saturated carbocycles. The normalized spacial score (nSPS) is 20.0. The summed E-state index contributed by atoms with van der Waals surface area (Å²) in [6.45, 7) is 2.17. The van der Waals surface area contributed by atoms with Crippen molar-refractivity contribution in [2.45, 2.75) is 6.04 Å². The quantitative estimate of drug-likeness (QED) is 0.883. The number of rotatable bonds is 4. The summed E-state index contributed by atoms with van der Waals surface area (Å²) < 4.78 is 5.25. The van der Waals surface area contributed by atoms with Gasteiger partial charge in [-0.05, 0) is 12.1 Å². The zero-order chi connectivity index (χ0) is 12.1. The number of benzene rings is 1. The highest BCUT2D eigenvalue weighted by Crippen LogP contribution is 2.20. The van der Waals surface area contributed by atoms with Crippen molar-refractivity contribution in [3.05, 3.63) is 24.3 Å². The SMILES string of the molecule is COc1cccc(N(C)CC2CSCCN2)c1. The van der Waals surface area contributed by atoms with Crippen molar-refractivity contribution in [3.8, 4) is 5.75 Å². The molecule has 1 aliphatic heterocycles. The fourth-order valence-corrected chi connectivity index (χ4v) is 2.96. The minimum Gasteiger partial charge on any atom is -0.497 e. The van der Waals surface area contributed by atoms with Crippen LogP contribution in [0.2, 0.25) is 0 Å². The number of thioether (sulfide) groups is 1. The maximum absolute atomic E-state index is 5.25. The van der Waals surface area contributed by atoms with Crippen molar-refractivity contribution >= 4 is 17.4 Å². The molecule has 3 nitrogen and oxygen atoms in total. The summed E-state index contributed by atoms with van der Waals surface area (Å²) in [5.74, 6) is 3.36. The molecular weight excluding hydrogens is 232 g/mol. The lowest BCUT2D eigenvalue weighted by atomic mass is 10.2. The first-order valence-electron chi connectivity index (χ1n) is 5.96. The van der Waals surface area contributed by atoms with Crippen LogP contribution in [0, 0.1) is 0 Å². The van der Waals surface area contributed by atoms with Gasteiger partial charge in [0.15, 0.2) is 0 Å². The highest BCUT2D eigenvalue weighted by Gasteiger charge is 2.15. The molecule has 1 N–H and O–H groups in total. The first-order chi connectivity index (χ1) is 8.29. The maximum atomic E-state index is 5.25. The van der Waals surface area contributed by atoms with Crippen LogP contribution in [0.25, 0.3) is 0 Å². The number of methoxy groups -OCH3 is 1. The van der Waals surface area contributed by atoms with Gasteiger partial charge in [-0.2, -0.15) is 11.8 Å². The van der Waals surface area contributed by atoms with Gasteiger partial charge in [0.05, 0.1) is 7.11 Å². The van der Waals surface area contributed by atoms with Gasteiger partial charge in [-0.1, -0.05) is 6.07 Å². The van der Waals surface area contributed by atoms with Crippen LogP contribution in [0.4, 0.5) is 5.69 Å². The molecule has 0 spiro atoms. The van der Waals surface area contributed by atoms with E-state index in [-0.39, 0.29) is 0 Å². The fraction of sp³-hybridized carbons (Fsp3) is 0.538. The summed E-state index contributed by atoms with van der Waals surface area (Å²) in [6, 6.07) is 8.80. The number of anilines is 1. The number of hydrogen-bond donors (Lipinski definition) is 1. The van der Waals surface area contributed by atoms with Gasteiger partial charge in [0, 0.05) is 49.4 Å². The molecule has 0 radical (unpaired) electrons. The highest BCUT2D eigenvalue weighted by atomic mass is 32.2. The van der Waals surface area contributed by atoms with Crippen molar-refractivity contribution in [3.63, 3.8) is 0 Å². The zero-order valence-corrected chi connectivity index (χ0v) is 11.3. The fourth-order valence-electron chi connectivity index (χ4n) is 2.02. The average molecular weight is 252 g/mol. The van der Waals surface area contributed by atoms with Gasteiger partial charge in [0.1, 0.15) is 5.75 Å². The molecule has 1 saturated heterocycles. The van der Waals surface area contributed by atoms with Crippen molar-refractivity contribution in [2.24, 2.45) is 0 Å². The molecule has 0 bridgehead atoms. The minimum atomic E-state index is 0.588. The molecule has 1 aliphatic rings. The van der Waals surface area contributed by atoms with Crippen LogP contribution < -0.4 is 15.0 Å². The molecule has 1 aromatic rings. The molecule has 1 atom stereocenters. The van der Waals surface area contributed by atoms with E-state index in [1.54, 1.807) is 7.11 Å². The molecule has 4 heteroatoms. The van der Waals surface area contributed by atoms with Crippen LogP contribution in [0.3, 0.4) is 0 Å². The lowest BCUT2D eigenvalue weighted by molar-refractivity contribution is 0.414. The van der Waals surface area contributed by atoms with Crippen molar-refractivity contribution < 1.29 is 4.74 Å². The van der Waals surface area contributed by atoms with E-state index in [1.165, 1.54) is 17.2 Å². The summed E-state index contributed by atoms with van der Waals surface area (Å²) in [4.78, 5) is 2.28. The third kappa shape index (κ3) is 3.54. The second kappa shape index (κ2) is 6.17. The van der Waals surface area contributed by atoms with Crippen molar-refractivity contribution in [1.29, 1.82) is 0 Å². The topological polar surface area (TPSA) is 24.5 Å². The average Bonchev–Trinajstić information content (AvgIpc) is 2.40. The Kier molecular flexibility index (Phi) is 4.57. The standard InChI is InChI=1S/C13H20N2OS/c1-15(9-11-10-17-7-6-14-11)12-4-3-5-13(8-12)16-2/h3-5,8,11,14H,6-7,9-10H2,1-2H3. The third-order valence-electron chi connectivity index (χ3n) is 2.99. The zero-order valence-electron chi connectivity index (χ0n) is 10.5. The molecule has 1 fully saturated rings. The Balaban J connectivity index is 1.95. The van der Waals surface area contributed by atoms with Gasteiger partial charge < -0.3 is 15.0 Å². The summed E-state index contributed by atoms with van der Waals surface area (Å²) in [6.07, 6.45) is 0. The van der Waals surface area contributed by atoms with Gasteiger partial charge >= 0.3 is 0 Å². The number of hydrogen-bond acceptors (Lipinski definition) is 4. The Morgan fingerprint density at radius 2 is 2.41 bits per heavy atom. The first kappa shape index (κ1) is 12.6. The van der Waals surface area contributed by atoms with E-state index in [9.17, 15) is 0 Å². The number of ether oxygens (including phenoxy) is 1. The Morgan fingerprint density at radius 3 is 3.12 bits per heavy atom. The second-order valence-corrected chi connectivity index (χ2v) is 5.46. The smallest absolute Gasteiger partial charge is 0.120 e. The van der Waals surface area contributed by atoms with Crippen LogP contribution in [-0.2, 0) is 0 Å². The summed E-state index contributed by atoms with van der Waals surface area (Å²) in [5.41, 5.74) is 1.21. The molecular formula is C13H20N2OS. The molecule has 1 aromatic carbocycles. The van der Waals surface area contributed by atoms with E-state index in [0.29, 0.717) is 6.04 Å². The van der Waals surface area contributed by atoms with Crippen LogP contribution in [0.1, 0.15) is 0 Å². The van der Waals surface area contributed by atoms with Crippen LogP contribution in [0.5, 0.6) is 5.75 Å². The highest BCUT2D eigenvalue weighted by molar-refractivity contribution is 7.99. The van der Waals surface area contributed by atoms with E-state index >= 15 is 0 Å². The molecule has 94 valence electrons. The van der Waals surface area contributed by atoms with E-state index < -0.39 is 0 Å². The largest absolute Gasteiger partial charge is 0.497 e. The molecule has 0 aliphatic carbocycles. The van der Waals surface area contributed by atoms with Crippen LogP contribution in [-0.4, -0.2) is 44.8 Å². The minimum absolute atomic E-state index is 0.588. The molecule has 17 heavy (non-hydrogen) atoms. The summed E-state index contributed by atoms with van der Waals surface area (Å²) in [5, 5.41) is 3.55. The molecule has 1 heterocycles. The van der Waals surface area contributed by atoms with Crippen LogP contribution in [0.15, 0.2) is 24.3 Å². The Hall–Kier alpha value is -0.870. The number of nitrogens with zero attached hydrogens (tertiary/aromatic N) is 1. The monoisotopic (exact) mass is 252 g/mol. The maximum Gasteiger partial charge on any atom is 0.120 e. The Morgan fingerprint density at radius 1 is 1.53 bits per heavy atom. The molecule has 0 amide bonds. The van der Waals surface area contributed by atoms with Crippen molar-refractivity contribution in [1.82, 2.24) is 5.32 Å². The Labute approximate surface area is 108 Å². The predicted octanol–water partition coefficient (Wildman–Crippen LogP) is 1.84. The van der Waals surface area contributed by atoms with Gasteiger partial charge in [0.2, 0.25) is 0 Å². The van der Waals surface area contributed by atoms with E-state index in [1.807, 2.05) is 23.9 Å². The second-order valence-electron chi connectivity index (χ2n) is 4.31. The van der Waals surface area contributed by atoms with E-state index in [4.69, 9.17) is 4.74 Å². The first-order valence-corrected chi connectivity index (χ1v) is 7.11. The van der Waals surface area contributed by atoms with E-state index in [0.717, 1.165) is 18.8 Å². The molecule has 0 aromatic heterocycles. The Bertz CT molecular complexity index is 353. The van der Waals surface area contributed by atoms with Gasteiger partial charge in [-0.25, -0.2) is 0 Å². The van der Waals surface area contributed by atoms with E-state index in [2.05, 4.69) is 29.4 Å². The number of likely N-dealkylation sites (N-methyl/N-ethyl adjacent to an activating group) is 1. The van der Waals surface area contributed by atoms with Gasteiger partial charge in [-0.3, -0.25) is 0 Å². The predicted molar refractivity (Wildman–Crippen MR) is 75.4 cm³/mol. The summed E-state index contributed by atoms with van der Waals surface area (Å²) >= 11 is 2.03. The molecule has 2 rings (SSSR count). The van der Waals surface area contributed by atoms with Crippen molar-refractivity contribution in [2.75, 3.05) is 43.7 Å². The van der Waals surface area contributed by atoms with Gasteiger partial charge in [-0.15, -0.1) is 0 Å². The summed E-state index contributed by atoms with van der Waals surface area (Å²) in [7, 11) is 3.84. The lowest BCUT2D eigenvalue weighted by Crippen LogP contribution is -2.45. The van der Waals surface area contributed by atoms with Gasteiger partial charge in [0.25, 0.3) is 0 Å². The molecule has 1 unspecified atom stereocenters. The lowest BCUT2D eigenvalue weighted by Gasteiger charge is -2.29. The third-order valence-corrected chi connectivity index (χ3v) is 4.12. The van der Waals surface area contributed by atoms with Crippen LogP contribution >= 0.6 is 11.8 Å². The number of nitrogens with one attached hydrogen (secondary N) is 1.